The number of aryl methyl sites for hydroxylation is 2. The van der Waals surface area contributed by atoms with Crippen LogP contribution >= 0.6 is 0 Å². The number of carboxylic acid groups (broad SMARTS) is 1. The first-order valence-electron chi connectivity index (χ1n) is 11.5. The number of alkyl halides is 3. The minimum Gasteiger partial charge on any atom is -0.475 e. The molecule has 0 saturated carbocycles. The van der Waals surface area contributed by atoms with E-state index >= 15 is 0 Å². The largest absolute Gasteiger partial charge is 0.490 e. The molecule has 2 aromatic rings. The molecule has 1 fully saturated rings. The van der Waals surface area contributed by atoms with Crippen molar-refractivity contribution in [1.29, 1.82) is 0 Å². The molecule has 0 aromatic heterocycles. The number of benzene rings is 2. The summed E-state index contributed by atoms with van der Waals surface area (Å²) >= 11 is 0. The number of halogens is 3. The third-order valence-electron chi connectivity index (χ3n) is 5.58. The van der Waals surface area contributed by atoms with Gasteiger partial charge in [0.25, 0.3) is 15.9 Å². The Morgan fingerprint density at radius 2 is 1.71 bits per heavy atom. The number of anilines is 2. The molecule has 2 aromatic carbocycles. The van der Waals surface area contributed by atoms with Gasteiger partial charge >= 0.3 is 12.1 Å². The highest BCUT2D eigenvalue weighted by Crippen LogP contribution is 2.30. The van der Waals surface area contributed by atoms with Crippen LogP contribution < -0.4 is 20.3 Å². The molecule has 0 aliphatic carbocycles. The van der Waals surface area contributed by atoms with Gasteiger partial charge in [0.15, 0.2) is 0 Å². The first-order valence-corrected chi connectivity index (χ1v) is 13.0. The highest BCUT2D eigenvalue weighted by Gasteiger charge is 2.38. The Kier molecular flexibility index (Phi) is 10.9. The van der Waals surface area contributed by atoms with Crippen LogP contribution in [0.4, 0.5) is 24.5 Å². The van der Waals surface area contributed by atoms with Gasteiger partial charge < -0.3 is 25.4 Å². The number of amides is 1. The second-order valence-corrected chi connectivity index (χ2v) is 10.1. The summed E-state index contributed by atoms with van der Waals surface area (Å²) in [7, 11) is -2.26. The minimum atomic E-state index is -5.08. The van der Waals surface area contributed by atoms with Crippen LogP contribution in [0.5, 0.6) is 0 Å². The zero-order valence-corrected chi connectivity index (χ0v) is 22.0. The van der Waals surface area contributed by atoms with Crippen molar-refractivity contribution in [2.45, 2.75) is 24.9 Å². The summed E-state index contributed by atoms with van der Waals surface area (Å²) in [6.45, 7) is 7.70. The maximum Gasteiger partial charge on any atom is 0.490 e. The molecule has 1 amide bonds. The third kappa shape index (κ3) is 8.89. The maximum absolute atomic E-state index is 13.1. The van der Waals surface area contributed by atoms with Crippen LogP contribution in [-0.2, 0) is 19.6 Å². The normalized spacial score (nSPS) is 13.8. The van der Waals surface area contributed by atoms with Gasteiger partial charge in [-0.3, -0.25) is 9.52 Å². The molecular weight excluding hydrogens is 529 g/mol. The molecule has 1 aliphatic heterocycles. The van der Waals surface area contributed by atoms with E-state index in [0.717, 1.165) is 43.0 Å². The number of hydrogen-bond acceptors (Lipinski definition) is 7. The van der Waals surface area contributed by atoms with Crippen LogP contribution in [0.3, 0.4) is 0 Å². The van der Waals surface area contributed by atoms with E-state index < -0.39 is 22.2 Å². The Hall–Kier alpha value is -3.36. The van der Waals surface area contributed by atoms with Crippen LogP contribution in [0.15, 0.2) is 41.3 Å². The smallest absolute Gasteiger partial charge is 0.475 e. The van der Waals surface area contributed by atoms with Gasteiger partial charge in [0.2, 0.25) is 0 Å². The van der Waals surface area contributed by atoms with Crippen LogP contribution in [0, 0.1) is 13.8 Å². The highest BCUT2D eigenvalue weighted by atomic mass is 32.2. The number of carbonyl (C=O) groups excluding carboxylic acids is 1. The summed E-state index contributed by atoms with van der Waals surface area (Å²) < 4.78 is 65.7. The number of hydrogen-bond donors (Lipinski definition) is 4. The number of carbonyl (C=O) groups is 2. The van der Waals surface area contributed by atoms with Crippen LogP contribution in [-0.4, -0.2) is 78.0 Å². The maximum atomic E-state index is 13.1. The fourth-order valence-corrected chi connectivity index (χ4v) is 4.54. The predicted molar refractivity (Wildman–Crippen MR) is 136 cm³/mol. The summed E-state index contributed by atoms with van der Waals surface area (Å²) in [5.41, 5.74) is 3.45. The number of piperazine rings is 1. The lowest BCUT2D eigenvalue weighted by Crippen LogP contribution is -2.43. The van der Waals surface area contributed by atoms with Gasteiger partial charge in [-0.05, 0) is 55.3 Å². The Balaban J connectivity index is 0.000000638. The molecule has 14 heteroatoms. The molecule has 0 bridgehead atoms. The van der Waals surface area contributed by atoms with Crippen molar-refractivity contribution in [3.8, 4) is 0 Å². The van der Waals surface area contributed by atoms with Gasteiger partial charge in [-0.1, -0.05) is 6.07 Å². The summed E-state index contributed by atoms with van der Waals surface area (Å²) in [5.74, 6) is -3.04. The number of nitrogens with one attached hydrogen (secondary N) is 3. The molecule has 0 unspecified atom stereocenters. The minimum absolute atomic E-state index is 0.191. The molecule has 0 spiro atoms. The standard InChI is InChI=1S/C22H30N4O4S.C2HF3O2/c1-16-4-6-19(14-17(16)2)31(28,29)25-20-15-18(22(27)24-10-13-30-3)5-7-21(20)26-11-8-23-9-12-26;3-2(4,5)1(6)7/h4-7,14-15,23,25H,8-13H2,1-3H3,(H,24,27);(H,6,7). The number of carboxylic acids is 1. The third-order valence-corrected chi connectivity index (χ3v) is 6.95. The first-order chi connectivity index (χ1) is 17.8. The number of aliphatic carboxylic acids is 1. The fraction of sp³-hybridized carbons (Fsp3) is 0.417. The number of nitrogens with zero attached hydrogens (tertiary/aromatic N) is 1. The van der Waals surface area contributed by atoms with E-state index in [0.29, 0.717) is 24.4 Å². The summed E-state index contributed by atoms with van der Waals surface area (Å²) in [6.07, 6.45) is -5.08. The van der Waals surface area contributed by atoms with Crippen molar-refractivity contribution in [1.82, 2.24) is 10.6 Å². The summed E-state index contributed by atoms with van der Waals surface area (Å²) in [6, 6.07) is 10.2. The first kappa shape index (κ1) is 30.9. The van der Waals surface area contributed by atoms with Crippen molar-refractivity contribution in [3.05, 3.63) is 53.1 Å². The van der Waals surface area contributed by atoms with E-state index in [4.69, 9.17) is 14.6 Å². The van der Waals surface area contributed by atoms with Crippen molar-refractivity contribution >= 4 is 33.3 Å². The molecule has 38 heavy (non-hydrogen) atoms. The lowest BCUT2D eigenvalue weighted by atomic mass is 10.1. The van der Waals surface area contributed by atoms with Gasteiger partial charge in [-0.2, -0.15) is 13.2 Å². The van der Waals surface area contributed by atoms with E-state index in [1.54, 1.807) is 43.5 Å². The molecule has 1 saturated heterocycles. The molecule has 10 nitrogen and oxygen atoms in total. The van der Waals surface area contributed by atoms with E-state index in [2.05, 4.69) is 20.3 Å². The van der Waals surface area contributed by atoms with Crippen LogP contribution in [0.2, 0.25) is 0 Å². The van der Waals surface area contributed by atoms with Gasteiger partial charge in [0.05, 0.1) is 22.9 Å². The van der Waals surface area contributed by atoms with Crippen LogP contribution in [0.25, 0.3) is 0 Å². The molecule has 3 rings (SSSR count). The molecule has 1 aliphatic rings. The fourth-order valence-electron chi connectivity index (χ4n) is 3.39. The van der Waals surface area contributed by atoms with Gasteiger partial charge in [-0.25, -0.2) is 13.2 Å². The second kappa shape index (κ2) is 13.4. The Morgan fingerprint density at radius 3 is 2.26 bits per heavy atom. The van der Waals surface area contributed by atoms with E-state index in [1.807, 2.05) is 13.8 Å². The van der Waals surface area contributed by atoms with Crippen molar-refractivity contribution in [3.63, 3.8) is 0 Å². The average Bonchev–Trinajstić information content (AvgIpc) is 2.85. The van der Waals surface area contributed by atoms with E-state index in [-0.39, 0.29) is 10.8 Å². The number of ether oxygens (including phenoxy) is 1. The lowest BCUT2D eigenvalue weighted by Gasteiger charge is -2.31. The molecule has 1 heterocycles. The zero-order valence-electron chi connectivity index (χ0n) is 21.2. The molecule has 0 radical (unpaired) electrons. The Morgan fingerprint density at radius 1 is 1.08 bits per heavy atom. The molecule has 210 valence electrons. The zero-order chi connectivity index (χ0) is 28.5. The van der Waals surface area contributed by atoms with Gasteiger partial charge in [-0.15, -0.1) is 0 Å². The second-order valence-electron chi connectivity index (χ2n) is 8.37. The summed E-state index contributed by atoms with van der Waals surface area (Å²) in [4.78, 5) is 23.7. The van der Waals surface area contributed by atoms with Crippen LogP contribution in [0.1, 0.15) is 21.5 Å². The Bertz CT molecular complexity index is 1230. The molecule has 4 N–H and O–H groups in total. The SMILES string of the molecule is COCCNC(=O)c1ccc(N2CCNCC2)c(NS(=O)(=O)c2ccc(C)c(C)c2)c1.O=C(O)C(F)(F)F. The topological polar surface area (TPSA) is 137 Å². The Labute approximate surface area is 219 Å². The highest BCUT2D eigenvalue weighted by molar-refractivity contribution is 7.92. The quantitative estimate of drug-likeness (QED) is 0.362. The predicted octanol–water partition coefficient (Wildman–Crippen LogP) is 2.52. The monoisotopic (exact) mass is 560 g/mol. The lowest BCUT2D eigenvalue weighted by molar-refractivity contribution is -0.192. The average molecular weight is 561 g/mol. The number of methoxy groups -OCH3 is 1. The van der Waals surface area contributed by atoms with Gasteiger partial charge in [0, 0.05) is 45.4 Å². The van der Waals surface area contributed by atoms with E-state index in [1.165, 1.54) is 0 Å². The number of rotatable bonds is 8. The van der Waals surface area contributed by atoms with Gasteiger partial charge in [0.1, 0.15) is 0 Å². The molecular formula is C24H31F3N4O6S. The van der Waals surface area contributed by atoms with Crippen molar-refractivity contribution < 1.29 is 41.0 Å². The summed E-state index contributed by atoms with van der Waals surface area (Å²) in [5, 5.41) is 13.2. The van der Waals surface area contributed by atoms with Crippen molar-refractivity contribution in [2.75, 3.05) is 56.1 Å². The molecule has 0 atom stereocenters. The van der Waals surface area contributed by atoms with Crippen molar-refractivity contribution in [2.24, 2.45) is 0 Å². The number of sulfonamides is 1. The van der Waals surface area contributed by atoms with E-state index in [9.17, 15) is 26.4 Å².